The molecule has 0 bridgehead atoms. The van der Waals surface area contributed by atoms with E-state index >= 15 is 0 Å². The zero-order valence-electron chi connectivity index (χ0n) is 11.0. The van der Waals surface area contributed by atoms with E-state index in [0.29, 0.717) is 4.57 Å². The minimum Gasteiger partial charge on any atom is -0.503 e. The number of aliphatic hydroxyl groups is 2. The Hall–Kier alpha value is -2.25. The summed E-state index contributed by atoms with van der Waals surface area (Å²) in [5, 5.41) is 38.4. The van der Waals surface area contributed by atoms with Gasteiger partial charge in [-0.05, 0) is 24.0 Å². The maximum Gasteiger partial charge on any atom is 0.301 e. The highest BCUT2D eigenvalue weighted by Crippen LogP contribution is 2.24. The van der Waals surface area contributed by atoms with Gasteiger partial charge in [0.1, 0.15) is 19.4 Å². The molecular weight excluding hydrogens is 274 g/mol. The average Bonchev–Trinajstić information content (AvgIpc) is 2.37. The second kappa shape index (κ2) is 4.94. The van der Waals surface area contributed by atoms with Crippen molar-refractivity contribution in [3.05, 3.63) is 39.8 Å². The highest BCUT2D eigenvalue weighted by molar-refractivity contribution is 6.36. The van der Waals surface area contributed by atoms with E-state index in [-0.39, 0.29) is 5.82 Å². The number of hydrogen-bond acceptors (Lipinski definition) is 6. The van der Waals surface area contributed by atoms with Crippen molar-refractivity contribution in [3.63, 3.8) is 0 Å². The zero-order chi connectivity index (χ0) is 15.9. The zero-order valence-corrected chi connectivity index (χ0v) is 11.0. The van der Waals surface area contributed by atoms with Crippen LogP contribution in [0.3, 0.4) is 0 Å². The Kier molecular flexibility index (Phi) is 3.56. The molecule has 0 saturated heterocycles. The number of nitrogens with zero attached hydrogens (tertiary/aromatic N) is 2. The van der Waals surface area contributed by atoms with Crippen molar-refractivity contribution < 1.29 is 20.4 Å². The molecule has 0 aromatic carbocycles. The quantitative estimate of drug-likeness (QED) is 0.375. The molecule has 0 fully saturated rings. The minimum atomic E-state index is -3.08. The van der Waals surface area contributed by atoms with Gasteiger partial charge in [0.25, 0.3) is 0 Å². The molecule has 2 heterocycles. The van der Waals surface area contributed by atoms with Crippen LogP contribution in [0.15, 0.2) is 23.1 Å². The Bertz CT molecular complexity index is 750. The van der Waals surface area contributed by atoms with E-state index in [1.54, 1.807) is 13.0 Å². The highest BCUT2D eigenvalue weighted by atomic mass is 16.5. The Morgan fingerprint density at radius 2 is 1.90 bits per heavy atom. The maximum atomic E-state index is 12.1. The number of pyridine rings is 2. The second-order valence-electron chi connectivity index (χ2n) is 4.52. The summed E-state index contributed by atoms with van der Waals surface area (Å²) in [6, 6.07) is 3.04. The van der Waals surface area contributed by atoms with Crippen LogP contribution in [0, 0.1) is 6.92 Å². The molecule has 0 aliphatic rings. The largest absolute Gasteiger partial charge is 0.503 e. The van der Waals surface area contributed by atoms with Gasteiger partial charge in [-0.3, -0.25) is 4.79 Å². The van der Waals surface area contributed by atoms with Crippen LogP contribution >= 0.6 is 0 Å². The maximum absolute atomic E-state index is 12.1. The first-order chi connectivity index (χ1) is 9.64. The lowest BCUT2D eigenvalue weighted by Gasteiger charge is -2.23. The number of hydrogen-bond donors (Lipinski definition) is 4. The lowest BCUT2D eigenvalue weighted by Crippen LogP contribution is -2.37. The molecule has 7 nitrogen and oxygen atoms in total. The molecule has 0 atom stereocenters. The van der Waals surface area contributed by atoms with Crippen LogP contribution < -0.4 is 11.0 Å². The molecule has 2 rings (SSSR count). The molecule has 0 saturated carbocycles. The number of aryl methyl sites for hydroxylation is 1. The van der Waals surface area contributed by atoms with Gasteiger partial charge >= 0.3 is 5.56 Å². The first kappa shape index (κ1) is 15.1. The molecule has 0 unspecified atom stereocenters. The van der Waals surface area contributed by atoms with E-state index in [4.69, 9.17) is 15.7 Å². The van der Waals surface area contributed by atoms with E-state index in [1.165, 1.54) is 12.3 Å². The lowest BCUT2D eigenvalue weighted by atomic mass is 9.78. The molecule has 9 heteroatoms. The predicted molar refractivity (Wildman–Crippen MR) is 75.2 cm³/mol. The molecule has 21 heavy (non-hydrogen) atoms. The number of aromatic nitrogens is 2. The van der Waals surface area contributed by atoms with Crippen molar-refractivity contribution in [2.45, 2.75) is 12.6 Å². The molecule has 2 aromatic heterocycles. The third-order valence-corrected chi connectivity index (χ3v) is 2.86. The van der Waals surface area contributed by atoms with Gasteiger partial charge in [0, 0.05) is 11.8 Å². The van der Waals surface area contributed by atoms with Gasteiger partial charge in [-0.25, -0.2) is 9.55 Å². The van der Waals surface area contributed by atoms with Crippen LogP contribution in [0.1, 0.15) is 11.1 Å². The summed E-state index contributed by atoms with van der Waals surface area (Å²) in [5.41, 5.74) is -4.95. The lowest BCUT2D eigenvalue weighted by molar-refractivity contribution is -0.0917. The standard InChI is InChI=1S/C12H10B2N2O5/c1-5-2-3-6(15-4-5)16-10(18)8(13)7(12(14,20)21)9(17)11(16)19/h2-4,17-18,20-21H,1H3. The van der Waals surface area contributed by atoms with E-state index in [0.717, 1.165) is 5.56 Å². The van der Waals surface area contributed by atoms with Crippen LogP contribution in [0.2, 0.25) is 0 Å². The highest BCUT2D eigenvalue weighted by Gasteiger charge is 2.30. The average molecular weight is 284 g/mol. The number of rotatable bonds is 2. The van der Waals surface area contributed by atoms with Gasteiger partial charge in [-0.2, -0.15) is 0 Å². The first-order valence-corrected chi connectivity index (χ1v) is 5.78. The molecule has 4 radical (unpaired) electrons. The Labute approximate surface area is 122 Å². The third-order valence-electron chi connectivity index (χ3n) is 2.86. The SMILES string of the molecule is [B]c1c(C([B])(O)O)c(O)c(=O)n(-c2ccc(C)cn2)c1O. The number of aromatic hydroxyl groups is 2. The summed E-state index contributed by atoms with van der Waals surface area (Å²) >= 11 is 0. The second-order valence-corrected chi connectivity index (χ2v) is 4.52. The van der Waals surface area contributed by atoms with E-state index in [1.807, 2.05) is 0 Å². The summed E-state index contributed by atoms with van der Waals surface area (Å²) in [4.78, 5) is 16.0. The summed E-state index contributed by atoms with van der Waals surface area (Å²) in [6.07, 6.45) is 1.44. The topological polar surface area (TPSA) is 116 Å². The van der Waals surface area contributed by atoms with Gasteiger partial charge in [0.05, 0.1) is 0 Å². The molecular formula is C12H10B2N2O5. The van der Waals surface area contributed by atoms with Gasteiger partial charge in [0.15, 0.2) is 19.5 Å². The summed E-state index contributed by atoms with van der Waals surface area (Å²) in [7, 11) is 10.5. The van der Waals surface area contributed by atoms with Crippen LogP contribution in [0.5, 0.6) is 11.6 Å². The Balaban J connectivity index is 2.82. The van der Waals surface area contributed by atoms with Crippen LogP contribution in [-0.4, -0.2) is 45.7 Å². The van der Waals surface area contributed by atoms with E-state index in [9.17, 15) is 25.2 Å². The van der Waals surface area contributed by atoms with Crippen molar-refractivity contribution in [2.75, 3.05) is 0 Å². The molecule has 0 amide bonds. The molecule has 0 aliphatic heterocycles. The fraction of sp³-hybridized carbons (Fsp3) is 0.167. The van der Waals surface area contributed by atoms with Crippen LogP contribution in [0.25, 0.3) is 5.82 Å². The third kappa shape index (κ3) is 2.53. The van der Waals surface area contributed by atoms with Crippen molar-refractivity contribution in [3.8, 4) is 17.4 Å². The van der Waals surface area contributed by atoms with Crippen LogP contribution in [-0.2, 0) is 5.69 Å². The van der Waals surface area contributed by atoms with Crippen molar-refractivity contribution in [1.82, 2.24) is 9.55 Å². The molecule has 0 aliphatic carbocycles. The van der Waals surface area contributed by atoms with Crippen molar-refractivity contribution >= 4 is 21.2 Å². The predicted octanol–water partition coefficient (Wildman–Crippen LogP) is -1.99. The fourth-order valence-electron chi connectivity index (χ4n) is 1.85. The van der Waals surface area contributed by atoms with E-state index in [2.05, 4.69) is 4.98 Å². The molecule has 2 aromatic rings. The summed E-state index contributed by atoms with van der Waals surface area (Å²) in [6.45, 7) is 1.77. The first-order valence-electron chi connectivity index (χ1n) is 5.78. The smallest absolute Gasteiger partial charge is 0.301 e. The molecule has 104 valence electrons. The van der Waals surface area contributed by atoms with Crippen molar-refractivity contribution in [1.29, 1.82) is 0 Å². The monoisotopic (exact) mass is 284 g/mol. The van der Waals surface area contributed by atoms with Gasteiger partial charge in [-0.15, -0.1) is 0 Å². The molecule has 0 spiro atoms. The van der Waals surface area contributed by atoms with Crippen molar-refractivity contribution in [2.24, 2.45) is 0 Å². The fourth-order valence-corrected chi connectivity index (χ4v) is 1.85. The summed E-state index contributed by atoms with van der Waals surface area (Å²) < 4.78 is 0.624. The van der Waals surface area contributed by atoms with Gasteiger partial charge in [0.2, 0.25) is 0 Å². The molecule has 4 N–H and O–H groups in total. The van der Waals surface area contributed by atoms with Gasteiger partial charge < -0.3 is 20.4 Å². The Morgan fingerprint density at radius 1 is 1.29 bits per heavy atom. The van der Waals surface area contributed by atoms with Gasteiger partial charge in [-0.1, -0.05) is 6.07 Å². The minimum absolute atomic E-state index is 0.00449. The summed E-state index contributed by atoms with van der Waals surface area (Å²) in [5.74, 6) is -1.92. The van der Waals surface area contributed by atoms with Crippen LogP contribution in [0.4, 0.5) is 0 Å². The Morgan fingerprint density at radius 3 is 2.38 bits per heavy atom. The van der Waals surface area contributed by atoms with E-state index < -0.39 is 33.9 Å². The normalized spacial score (nSPS) is 11.6.